The van der Waals surface area contributed by atoms with Crippen LogP contribution in [0.1, 0.15) is 38.8 Å². The highest BCUT2D eigenvalue weighted by molar-refractivity contribution is 7.59. The lowest BCUT2D eigenvalue weighted by Gasteiger charge is -2.26. The number of phenols is 1. The number of benzene rings is 2. The molecule has 0 heterocycles. The number of aromatic hydroxyl groups is 1. The Labute approximate surface area is 138 Å². The average molecular weight is 332 g/mol. The van der Waals surface area contributed by atoms with Crippen LogP contribution in [0.25, 0.3) is 0 Å². The molecule has 0 amide bonds. The summed E-state index contributed by atoms with van der Waals surface area (Å²) in [4.78, 5) is 0. The Kier molecular flexibility index (Phi) is 4.91. The average Bonchev–Trinajstić information content (AvgIpc) is 2.47. The van der Waals surface area contributed by atoms with E-state index in [-0.39, 0.29) is 16.8 Å². The molecule has 0 aliphatic carbocycles. The van der Waals surface area contributed by atoms with E-state index in [1.807, 2.05) is 50.2 Å². The van der Waals surface area contributed by atoms with E-state index in [0.29, 0.717) is 5.75 Å². The van der Waals surface area contributed by atoms with Crippen molar-refractivity contribution in [2.24, 2.45) is 0 Å². The van der Waals surface area contributed by atoms with Crippen LogP contribution < -0.4 is 4.52 Å². The minimum absolute atomic E-state index is 0.00406. The molecule has 0 saturated carbocycles. The van der Waals surface area contributed by atoms with Gasteiger partial charge in [0.2, 0.25) is 7.37 Å². The smallest absolute Gasteiger partial charge is 0.247 e. The maximum absolute atomic E-state index is 12.4. The van der Waals surface area contributed by atoms with Gasteiger partial charge in [0.1, 0.15) is 11.5 Å². The van der Waals surface area contributed by atoms with Crippen molar-refractivity contribution in [3.05, 3.63) is 59.7 Å². The highest BCUT2D eigenvalue weighted by Crippen LogP contribution is 2.48. The van der Waals surface area contributed by atoms with E-state index in [1.165, 1.54) is 0 Å². The van der Waals surface area contributed by atoms with E-state index >= 15 is 0 Å². The van der Waals surface area contributed by atoms with Gasteiger partial charge in [-0.1, -0.05) is 52.0 Å². The Balaban J connectivity index is 2.25. The lowest BCUT2D eigenvalue weighted by atomic mass is 9.78. The van der Waals surface area contributed by atoms with Crippen molar-refractivity contribution < 1.29 is 14.2 Å². The maximum atomic E-state index is 12.4. The lowest BCUT2D eigenvalue weighted by molar-refractivity contribution is 0.474. The number of rotatable bonds is 5. The molecule has 0 saturated heterocycles. The lowest BCUT2D eigenvalue weighted by Crippen LogP contribution is -2.18. The van der Waals surface area contributed by atoms with Gasteiger partial charge in [0.05, 0.1) is 0 Å². The molecular weight excluding hydrogens is 307 g/mol. The van der Waals surface area contributed by atoms with Crippen molar-refractivity contribution in [2.45, 2.75) is 38.8 Å². The largest absolute Gasteiger partial charge is 0.508 e. The topological polar surface area (TPSA) is 46.5 Å². The fraction of sp³-hybridized carbons (Fsp3) is 0.368. The van der Waals surface area contributed by atoms with E-state index in [1.54, 1.807) is 18.8 Å². The molecule has 2 aromatic rings. The van der Waals surface area contributed by atoms with Crippen LogP contribution >= 0.6 is 7.37 Å². The Morgan fingerprint density at radius 1 is 0.957 bits per heavy atom. The Bertz CT molecular complexity index is 700. The highest BCUT2D eigenvalue weighted by atomic mass is 31.2. The predicted octanol–water partition coefficient (Wildman–Crippen LogP) is 5.41. The molecule has 0 fully saturated rings. The standard InChI is InChI=1S/C19H25O3P/c1-14(2)23(5,21)22-18-12-8-16(9-13-18)19(3,4)15-6-10-17(20)11-7-15/h6-14,20H,1-5H3. The van der Waals surface area contributed by atoms with Crippen LogP contribution in [-0.4, -0.2) is 17.4 Å². The van der Waals surface area contributed by atoms with Crippen LogP contribution in [0.15, 0.2) is 48.5 Å². The van der Waals surface area contributed by atoms with Gasteiger partial charge in [-0.25, -0.2) is 0 Å². The molecule has 4 heteroatoms. The molecule has 124 valence electrons. The molecule has 23 heavy (non-hydrogen) atoms. The summed E-state index contributed by atoms with van der Waals surface area (Å²) in [5, 5.41) is 9.44. The zero-order chi connectivity index (χ0) is 17.3. The molecule has 1 unspecified atom stereocenters. The highest BCUT2D eigenvalue weighted by Gasteiger charge is 2.25. The predicted molar refractivity (Wildman–Crippen MR) is 96.0 cm³/mol. The Morgan fingerprint density at radius 3 is 1.83 bits per heavy atom. The first-order chi connectivity index (χ1) is 10.6. The third-order valence-corrected chi connectivity index (χ3v) is 6.84. The minimum atomic E-state index is -2.63. The zero-order valence-electron chi connectivity index (χ0n) is 14.4. The molecular formula is C19H25O3P. The van der Waals surface area contributed by atoms with Gasteiger partial charge in [0.15, 0.2) is 0 Å². The molecule has 0 aliphatic rings. The Hall–Kier alpha value is -1.73. The van der Waals surface area contributed by atoms with Crippen LogP contribution in [0, 0.1) is 0 Å². The second-order valence-electron chi connectivity index (χ2n) is 6.79. The van der Waals surface area contributed by atoms with Crippen molar-refractivity contribution >= 4 is 7.37 Å². The summed E-state index contributed by atoms with van der Waals surface area (Å²) in [6.07, 6.45) is 0. The zero-order valence-corrected chi connectivity index (χ0v) is 15.3. The molecule has 0 aromatic heterocycles. The van der Waals surface area contributed by atoms with Gasteiger partial charge in [-0.05, 0) is 35.4 Å². The van der Waals surface area contributed by atoms with Crippen LogP contribution in [-0.2, 0) is 9.98 Å². The normalized spacial score (nSPS) is 14.5. The molecule has 1 N–H and O–H groups in total. The molecule has 0 aliphatic heterocycles. The fourth-order valence-corrected chi connectivity index (χ4v) is 3.04. The van der Waals surface area contributed by atoms with Gasteiger partial charge in [-0.2, -0.15) is 0 Å². The van der Waals surface area contributed by atoms with Gasteiger partial charge >= 0.3 is 0 Å². The van der Waals surface area contributed by atoms with Gasteiger partial charge in [0.25, 0.3) is 0 Å². The van der Waals surface area contributed by atoms with E-state index < -0.39 is 7.37 Å². The second kappa shape index (κ2) is 6.41. The van der Waals surface area contributed by atoms with Crippen molar-refractivity contribution in [1.82, 2.24) is 0 Å². The third-order valence-electron chi connectivity index (χ3n) is 4.39. The van der Waals surface area contributed by atoms with Gasteiger partial charge < -0.3 is 9.63 Å². The summed E-state index contributed by atoms with van der Waals surface area (Å²) in [6.45, 7) is 9.75. The Morgan fingerprint density at radius 2 is 1.39 bits per heavy atom. The monoisotopic (exact) mass is 332 g/mol. The first-order valence-electron chi connectivity index (χ1n) is 7.80. The second-order valence-corrected chi connectivity index (χ2v) is 9.82. The van der Waals surface area contributed by atoms with Gasteiger partial charge in [0, 0.05) is 17.7 Å². The molecule has 2 aromatic carbocycles. The van der Waals surface area contributed by atoms with Gasteiger partial charge in [-0.15, -0.1) is 0 Å². The summed E-state index contributed by atoms with van der Waals surface area (Å²) < 4.78 is 18.0. The summed E-state index contributed by atoms with van der Waals surface area (Å²) in [7, 11) is -2.63. The number of hydrogen-bond acceptors (Lipinski definition) is 3. The van der Waals surface area contributed by atoms with E-state index in [9.17, 15) is 9.67 Å². The molecule has 2 rings (SSSR count). The first-order valence-corrected chi connectivity index (χ1v) is 9.94. The first kappa shape index (κ1) is 17.6. The third kappa shape index (κ3) is 3.97. The van der Waals surface area contributed by atoms with Crippen LogP contribution in [0.3, 0.4) is 0 Å². The molecule has 0 spiro atoms. The molecule has 0 radical (unpaired) electrons. The number of phenolic OH excluding ortho intramolecular Hbond substituents is 1. The van der Waals surface area contributed by atoms with Crippen LogP contribution in [0.5, 0.6) is 11.5 Å². The van der Waals surface area contributed by atoms with E-state index in [0.717, 1.165) is 11.1 Å². The maximum Gasteiger partial charge on any atom is 0.247 e. The quantitative estimate of drug-likeness (QED) is 0.744. The van der Waals surface area contributed by atoms with E-state index in [4.69, 9.17) is 4.52 Å². The summed E-state index contributed by atoms with van der Waals surface area (Å²) in [5.74, 6) is 0.899. The van der Waals surface area contributed by atoms with Gasteiger partial charge in [-0.3, -0.25) is 4.57 Å². The van der Waals surface area contributed by atoms with Crippen molar-refractivity contribution in [1.29, 1.82) is 0 Å². The summed E-state index contributed by atoms with van der Waals surface area (Å²) >= 11 is 0. The molecule has 1 atom stereocenters. The molecule has 3 nitrogen and oxygen atoms in total. The fourth-order valence-electron chi connectivity index (χ4n) is 2.29. The minimum Gasteiger partial charge on any atom is -0.508 e. The van der Waals surface area contributed by atoms with E-state index in [2.05, 4.69) is 13.8 Å². The number of hydrogen-bond donors (Lipinski definition) is 1. The van der Waals surface area contributed by atoms with Crippen LogP contribution in [0.2, 0.25) is 0 Å². The SMILES string of the molecule is CC(C)P(C)(=O)Oc1ccc(C(C)(C)c2ccc(O)cc2)cc1. The summed E-state index contributed by atoms with van der Waals surface area (Å²) in [6, 6.07) is 15.0. The molecule has 0 bridgehead atoms. The van der Waals surface area contributed by atoms with Crippen molar-refractivity contribution in [3.8, 4) is 11.5 Å². The van der Waals surface area contributed by atoms with Crippen LogP contribution in [0.4, 0.5) is 0 Å². The van der Waals surface area contributed by atoms with Crippen molar-refractivity contribution in [3.63, 3.8) is 0 Å². The van der Waals surface area contributed by atoms with Crippen molar-refractivity contribution in [2.75, 3.05) is 6.66 Å². The summed E-state index contributed by atoms with van der Waals surface area (Å²) in [5.41, 5.74) is 2.05.